The molecule has 0 bridgehead atoms. The molecule has 1 aliphatic heterocycles. The van der Waals surface area contributed by atoms with E-state index in [9.17, 15) is 9.18 Å². The molecule has 1 atom stereocenters. The van der Waals surface area contributed by atoms with E-state index in [1.54, 1.807) is 23.1 Å². The molecule has 108 valence electrons. The Hall–Kier alpha value is -1.81. The van der Waals surface area contributed by atoms with Crippen LogP contribution in [0.25, 0.3) is 0 Å². The number of halogens is 1. The third kappa shape index (κ3) is 2.68. The summed E-state index contributed by atoms with van der Waals surface area (Å²) >= 11 is 1.47. The van der Waals surface area contributed by atoms with Gasteiger partial charge in [0.25, 0.3) is 0 Å². The molecule has 3 rings (SSSR count). The van der Waals surface area contributed by atoms with Crippen molar-refractivity contribution in [3.8, 4) is 0 Å². The van der Waals surface area contributed by atoms with Crippen molar-refractivity contribution < 1.29 is 9.18 Å². The maximum absolute atomic E-state index is 14.0. The summed E-state index contributed by atoms with van der Waals surface area (Å²) in [5, 5.41) is -0.286. The maximum atomic E-state index is 14.0. The van der Waals surface area contributed by atoms with Gasteiger partial charge in [0.05, 0.1) is 5.75 Å². The van der Waals surface area contributed by atoms with Gasteiger partial charge in [-0.05, 0) is 30.2 Å². The second kappa shape index (κ2) is 5.90. The Morgan fingerprint density at radius 2 is 1.90 bits per heavy atom. The first-order valence-electron chi connectivity index (χ1n) is 6.97. The fourth-order valence-corrected chi connectivity index (χ4v) is 3.70. The van der Waals surface area contributed by atoms with E-state index in [0.29, 0.717) is 11.3 Å². The molecule has 0 spiro atoms. The quantitative estimate of drug-likeness (QED) is 0.848. The second-order valence-corrected chi connectivity index (χ2v) is 6.04. The minimum atomic E-state index is -0.286. The Morgan fingerprint density at radius 3 is 2.57 bits per heavy atom. The first-order valence-corrected chi connectivity index (χ1v) is 8.02. The van der Waals surface area contributed by atoms with Crippen molar-refractivity contribution >= 4 is 23.4 Å². The summed E-state index contributed by atoms with van der Waals surface area (Å²) in [5.41, 5.74) is 2.61. The highest BCUT2D eigenvalue weighted by Crippen LogP contribution is 2.42. The molecular weight excluding hydrogens is 285 g/mol. The van der Waals surface area contributed by atoms with Gasteiger partial charge in [0, 0.05) is 11.3 Å². The van der Waals surface area contributed by atoms with E-state index in [4.69, 9.17) is 0 Å². The highest BCUT2D eigenvalue weighted by atomic mass is 32.2. The van der Waals surface area contributed by atoms with Crippen LogP contribution < -0.4 is 4.90 Å². The summed E-state index contributed by atoms with van der Waals surface area (Å²) < 4.78 is 14.0. The number of carbonyl (C=O) groups is 1. The van der Waals surface area contributed by atoms with E-state index < -0.39 is 0 Å². The normalized spacial score (nSPS) is 18.3. The average molecular weight is 301 g/mol. The van der Waals surface area contributed by atoms with Crippen LogP contribution in [0.4, 0.5) is 10.1 Å². The van der Waals surface area contributed by atoms with E-state index in [0.717, 1.165) is 12.1 Å². The van der Waals surface area contributed by atoms with E-state index in [2.05, 4.69) is 6.92 Å². The van der Waals surface area contributed by atoms with Gasteiger partial charge >= 0.3 is 0 Å². The smallest absolute Gasteiger partial charge is 0.238 e. The molecule has 1 fully saturated rings. The van der Waals surface area contributed by atoms with Gasteiger partial charge in [-0.15, -0.1) is 11.8 Å². The molecule has 2 aromatic carbocycles. The summed E-state index contributed by atoms with van der Waals surface area (Å²) in [6.45, 7) is 2.09. The number of hydrogen-bond acceptors (Lipinski definition) is 2. The lowest BCUT2D eigenvalue weighted by molar-refractivity contribution is -0.115. The third-order valence-electron chi connectivity index (χ3n) is 3.66. The number of aryl methyl sites for hydroxylation is 1. The molecule has 0 N–H and O–H groups in total. The predicted molar refractivity (Wildman–Crippen MR) is 84.9 cm³/mol. The fourth-order valence-electron chi connectivity index (χ4n) is 2.50. The van der Waals surface area contributed by atoms with Crippen molar-refractivity contribution in [2.24, 2.45) is 0 Å². The molecule has 21 heavy (non-hydrogen) atoms. The molecule has 2 nitrogen and oxygen atoms in total. The Kier molecular flexibility index (Phi) is 3.97. The molecular formula is C17H16FNOS. The maximum Gasteiger partial charge on any atom is 0.238 e. The summed E-state index contributed by atoms with van der Waals surface area (Å²) in [7, 11) is 0. The monoisotopic (exact) mass is 301 g/mol. The average Bonchev–Trinajstić information content (AvgIpc) is 2.89. The van der Waals surface area contributed by atoms with Crippen LogP contribution in [0.15, 0.2) is 48.5 Å². The highest BCUT2D eigenvalue weighted by Gasteiger charge is 2.35. The predicted octanol–water partition coefficient (Wildman–Crippen LogP) is 4.17. The lowest BCUT2D eigenvalue weighted by Gasteiger charge is -2.24. The molecule has 1 amide bonds. The number of thioether (sulfide) groups is 1. The highest BCUT2D eigenvalue weighted by molar-refractivity contribution is 8.00. The molecule has 0 radical (unpaired) electrons. The van der Waals surface area contributed by atoms with Crippen molar-refractivity contribution in [3.63, 3.8) is 0 Å². The van der Waals surface area contributed by atoms with Gasteiger partial charge in [0.2, 0.25) is 5.91 Å². The molecule has 1 saturated heterocycles. The van der Waals surface area contributed by atoms with Crippen LogP contribution in [0.1, 0.15) is 23.4 Å². The lowest BCUT2D eigenvalue weighted by Crippen LogP contribution is -2.28. The number of carbonyl (C=O) groups excluding carboxylic acids is 1. The molecule has 0 aliphatic carbocycles. The van der Waals surface area contributed by atoms with Gasteiger partial charge in [0.1, 0.15) is 11.2 Å². The summed E-state index contributed by atoms with van der Waals surface area (Å²) in [4.78, 5) is 13.9. The number of anilines is 1. The number of amides is 1. The first kappa shape index (κ1) is 14.1. The van der Waals surface area contributed by atoms with Gasteiger partial charge in [-0.1, -0.05) is 37.3 Å². The zero-order chi connectivity index (χ0) is 14.8. The zero-order valence-electron chi connectivity index (χ0n) is 11.8. The van der Waals surface area contributed by atoms with E-state index in [1.807, 2.05) is 24.3 Å². The van der Waals surface area contributed by atoms with Gasteiger partial charge in [-0.3, -0.25) is 9.69 Å². The van der Waals surface area contributed by atoms with Crippen molar-refractivity contribution in [1.82, 2.24) is 0 Å². The van der Waals surface area contributed by atoms with Crippen molar-refractivity contribution in [2.75, 3.05) is 10.7 Å². The van der Waals surface area contributed by atoms with Crippen molar-refractivity contribution in [2.45, 2.75) is 18.7 Å². The molecule has 2 aromatic rings. The standard InChI is InChI=1S/C17H16FNOS/c1-2-12-7-9-13(10-8-12)19-16(20)11-21-17(19)14-5-3-4-6-15(14)18/h3-10,17H,2,11H2,1H3. The summed E-state index contributed by atoms with van der Waals surface area (Å²) in [5.74, 6) is 0.145. The Labute approximate surface area is 128 Å². The summed E-state index contributed by atoms with van der Waals surface area (Å²) in [6, 6.07) is 14.6. The van der Waals surface area contributed by atoms with Gasteiger partial charge in [-0.2, -0.15) is 0 Å². The summed E-state index contributed by atoms with van der Waals surface area (Å²) in [6.07, 6.45) is 0.958. The molecule has 1 heterocycles. The molecule has 0 saturated carbocycles. The van der Waals surface area contributed by atoms with E-state index in [1.165, 1.54) is 23.4 Å². The largest absolute Gasteiger partial charge is 0.295 e. The van der Waals surface area contributed by atoms with E-state index in [-0.39, 0.29) is 17.1 Å². The van der Waals surface area contributed by atoms with Crippen molar-refractivity contribution in [1.29, 1.82) is 0 Å². The number of nitrogens with zero attached hydrogens (tertiary/aromatic N) is 1. The number of benzene rings is 2. The van der Waals surface area contributed by atoms with Gasteiger partial charge in [-0.25, -0.2) is 4.39 Å². The third-order valence-corrected chi connectivity index (χ3v) is 4.86. The zero-order valence-corrected chi connectivity index (χ0v) is 12.6. The van der Waals surface area contributed by atoms with Crippen LogP contribution in [0.3, 0.4) is 0 Å². The molecule has 1 aliphatic rings. The minimum Gasteiger partial charge on any atom is -0.295 e. The topological polar surface area (TPSA) is 20.3 Å². The molecule has 0 aromatic heterocycles. The second-order valence-electron chi connectivity index (χ2n) is 4.97. The van der Waals surface area contributed by atoms with E-state index >= 15 is 0 Å². The first-order chi connectivity index (χ1) is 10.2. The van der Waals surface area contributed by atoms with Crippen LogP contribution in [0.5, 0.6) is 0 Å². The Morgan fingerprint density at radius 1 is 1.19 bits per heavy atom. The molecule has 4 heteroatoms. The fraction of sp³-hybridized carbons (Fsp3) is 0.235. The van der Waals surface area contributed by atoms with Gasteiger partial charge < -0.3 is 0 Å². The number of hydrogen-bond donors (Lipinski definition) is 0. The van der Waals surface area contributed by atoms with Gasteiger partial charge in [0.15, 0.2) is 0 Å². The van der Waals surface area contributed by atoms with Crippen molar-refractivity contribution in [3.05, 3.63) is 65.5 Å². The Bertz CT molecular complexity index is 656. The Balaban J connectivity index is 1.97. The van der Waals surface area contributed by atoms with Crippen LogP contribution >= 0.6 is 11.8 Å². The SMILES string of the molecule is CCc1ccc(N2C(=O)CSC2c2ccccc2F)cc1. The number of rotatable bonds is 3. The minimum absolute atomic E-state index is 0.0255. The van der Waals surface area contributed by atoms with Crippen LogP contribution in [-0.4, -0.2) is 11.7 Å². The lowest BCUT2D eigenvalue weighted by atomic mass is 10.1. The van der Waals surface area contributed by atoms with Crippen LogP contribution in [0.2, 0.25) is 0 Å². The van der Waals surface area contributed by atoms with Crippen LogP contribution in [-0.2, 0) is 11.2 Å². The van der Waals surface area contributed by atoms with Crippen LogP contribution in [0, 0.1) is 5.82 Å². The molecule has 1 unspecified atom stereocenters.